The summed E-state index contributed by atoms with van der Waals surface area (Å²) >= 11 is 6.03. The van der Waals surface area contributed by atoms with Gasteiger partial charge in [0.1, 0.15) is 5.82 Å². The van der Waals surface area contributed by atoms with Crippen LogP contribution in [0.5, 0.6) is 0 Å². The van der Waals surface area contributed by atoms with Crippen LogP contribution in [0, 0.1) is 5.82 Å². The molecular formula is C20H23ClFN5O. The van der Waals surface area contributed by atoms with Crippen molar-refractivity contribution in [3.63, 3.8) is 0 Å². The largest absolute Gasteiger partial charge is 0.355 e. The fourth-order valence-electron chi connectivity index (χ4n) is 3.75. The molecule has 8 heteroatoms. The summed E-state index contributed by atoms with van der Waals surface area (Å²) in [6, 6.07) is 7.91. The molecule has 0 N–H and O–H groups in total. The number of nitrogens with zero attached hydrogens (tertiary/aromatic N) is 5. The minimum Gasteiger partial charge on any atom is -0.355 e. The second kappa shape index (κ2) is 8.31. The molecule has 1 aromatic heterocycles. The van der Waals surface area contributed by atoms with Gasteiger partial charge in [-0.25, -0.2) is 4.39 Å². The van der Waals surface area contributed by atoms with Crippen molar-refractivity contribution in [1.29, 1.82) is 0 Å². The van der Waals surface area contributed by atoms with E-state index in [9.17, 15) is 9.18 Å². The van der Waals surface area contributed by atoms with Crippen LogP contribution in [-0.2, 0) is 0 Å². The second-order valence-corrected chi connectivity index (χ2v) is 7.61. The Labute approximate surface area is 168 Å². The maximum atomic E-state index is 13.2. The maximum Gasteiger partial charge on any atom is 0.255 e. The number of carbonyl (C=O) groups excluding carboxylic acids is 1. The third-order valence-electron chi connectivity index (χ3n) is 5.37. The van der Waals surface area contributed by atoms with Gasteiger partial charge in [0.15, 0.2) is 11.6 Å². The van der Waals surface area contributed by atoms with Gasteiger partial charge in [0.25, 0.3) is 5.91 Å². The summed E-state index contributed by atoms with van der Waals surface area (Å²) in [5, 5.41) is 8.94. The highest BCUT2D eigenvalue weighted by Gasteiger charge is 2.25. The number of hydrogen-bond donors (Lipinski definition) is 0. The quantitative estimate of drug-likeness (QED) is 0.787. The zero-order valence-corrected chi connectivity index (χ0v) is 16.4. The Morgan fingerprint density at radius 1 is 0.857 bits per heavy atom. The molecule has 28 heavy (non-hydrogen) atoms. The van der Waals surface area contributed by atoms with Crippen LogP contribution in [0.4, 0.5) is 16.0 Å². The van der Waals surface area contributed by atoms with E-state index < -0.39 is 5.82 Å². The van der Waals surface area contributed by atoms with Gasteiger partial charge in [-0.3, -0.25) is 4.79 Å². The predicted octanol–water partition coefficient (Wildman–Crippen LogP) is 3.22. The molecule has 148 valence electrons. The van der Waals surface area contributed by atoms with Gasteiger partial charge >= 0.3 is 0 Å². The zero-order chi connectivity index (χ0) is 19.5. The van der Waals surface area contributed by atoms with E-state index >= 15 is 0 Å². The van der Waals surface area contributed by atoms with Gasteiger partial charge in [0, 0.05) is 39.3 Å². The van der Waals surface area contributed by atoms with Crippen LogP contribution in [0.3, 0.4) is 0 Å². The number of benzene rings is 1. The normalized spacial score (nSPS) is 17.7. The van der Waals surface area contributed by atoms with Gasteiger partial charge in [-0.05, 0) is 49.6 Å². The van der Waals surface area contributed by atoms with Gasteiger partial charge in [-0.15, -0.1) is 10.2 Å². The molecule has 1 aromatic carbocycles. The average molecular weight is 404 g/mol. The summed E-state index contributed by atoms with van der Waals surface area (Å²) in [5.41, 5.74) is 0.335. The number of anilines is 2. The first-order chi connectivity index (χ1) is 13.6. The van der Waals surface area contributed by atoms with E-state index in [0.29, 0.717) is 31.7 Å². The standard InChI is InChI=1S/C20H23ClFN5O/c21-17-14-15(22)4-5-16(17)20(28)27-12-10-26(11-13-27)19-7-6-18(23-24-19)25-8-2-1-3-9-25/h4-7,14H,1-3,8-13H2. The number of carbonyl (C=O) groups is 1. The molecular weight excluding hydrogens is 381 g/mol. The van der Waals surface area contributed by atoms with Crippen molar-refractivity contribution in [3.05, 3.63) is 46.7 Å². The lowest BCUT2D eigenvalue weighted by molar-refractivity contribution is 0.0746. The lowest BCUT2D eigenvalue weighted by Crippen LogP contribution is -2.49. The second-order valence-electron chi connectivity index (χ2n) is 7.20. The minimum absolute atomic E-state index is 0.145. The number of piperazine rings is 1. The monoisotopic (exact) mass is 403 g/mol. The van der Waals surface area contributed by atoms with Crippen LogP contribution < -0.4 is 9.80 Å². The topological polar surface area (TPSA) is 52.6 Å². The molecule has 0 aliphatic carbocycles. The minimum atomic E-state index is -0.446. The fraction of sp³-hybridized carbons (Fsp3) is 0.450. The molecule has 1 amide bonds. The Morgan fingerprint density at radius 3 is 2.04 bits per heavy atom. The van der Waals surface area contributed by atoms with Crippen molar-refractivity contribution < 1.29 is 9.18 Å². The summed E-state index contributed by atoms with van der Waals surface area (Å²) in [6.45, 7) is 4.54. The SMILES string of the molecule is O=C(c1ccc(F)cc1Cl)N1CCN(c2ccc(N3CCCCC3)nn2)CC1. The maximum absolute atomic E-state index is 13.2. The predicted molar refractivity (Wildman–Crippen MR) is 108 cm³/mol. The van der Waals surface area contributed by atoms with Gasteiger partial charge in [-0.2, -0.15) is 0 Å². The van der Waals surface area contributed by atoms with Crippen LogP contribution in [0.15, 0.2) is 30.3 Å². The smallest absolute Gasteiger partial charge is 0.255 e. The van der Waals surface area contributed by atoms with E-state index in [1.54, 1.807) is 4.90 Å². The van der Waals surface area contributed by atoms with Crippen molar-refractivity contribution >= 4 is 29.1 Å². The number of aromatic nitrogens is 2. The Bertz CT molecular complexity index is 833. The Balaban J connectivity index is 1.36. The fourth-order valence-corrected chi connectivity index (χ4v) is 4.00. The summed E-state index contributed by atoms with van der Waals surface area (Å²) in [5.74, 6) is 1.14. The first-order valence-corrected chi connectivity index (χ1v) is 10.1. The molecule has 4 rings (SSSR count). The number of amides is 1. The number of piperidine rings is 1. The molecule has 2 saturated heterocycles. The van der Waals surface area contributed by atoms with Crippen LogP contribution in [0.1, 0.15) is 29.6 Å². The van der Waals surface area contributed by atoms with Gasteiger partial charge in [0.2, 0.25) is 0 Å². The lowest BCUT2D eigenvalue weighted by atomic mass is 10.1. The Hall–Kier alpha value is -2.41. The van der Waals surface area contributed by atoms with Crippen LogP contribution in [0.2, 0.25) is 5.02 Å². The van der Waals surface area contributed by atoms with E-state index in [0.717, 1.165) is 24.7 Å². The summed E-state index contributed by atoms with van der Waals surface area (Å²) < 4.78 is 13.2. The molecule has 0 saturated carbocycles. The van der Waals surface area contributed by atoms with Gasteiger partial charge < -0.3 is 14.7 Å². The molecule has 2 aromatic rings. The highest BCUT2D eigenvalue weighted by Crippen LogP contribution is 2.22. The van der Waals surface area contributed by atoms with Crippen LogP contribution in [0.25, 0.3) is 0 Å². The van der Waals surface area contributed by atoms with E-state index in [1.165, 1.54) is 37.5 Å². The van der Waals surface area contributed by atoms with Crippen molar-refractivity contribution in [3.8, 4) is 0 Å². The van der Waals surface area contributed by atoms with E-state index in [1.807, 2.05) is 12.1 Å². The van der Waals surface area contributed by atoms with E-state index in [4.69, 9.17) is 11.6 Å². The summed E-state index contributed by atoms with van der Waals surface area (Å²) in [6.07, 6.45) is 3.70. The molecule has 0 unspecified atom stereocenters. The Morgan fingerprint density at radius 2 is 1.46 bits per heavy atom. The summed E-state index contributed by atoms with van der Waals surface area (Å²) in [4.78, 5) is 18.8. The first kappa shape index (κ1) is 18.9. The third kappa shape index (κ3) is 4.04. The molecule has 2 aliphatic rings. The van der Waals surface area contributed by atoms with Gasteiger partial charge in [-0.1, -0.05) is 11.6 Å². The molecule has 0 bridgehead atoms. The molecule has 6 nitrogen and oxygen atoms in total. The van der Waals surface area contributed by atoms with Crippen molar-refractivity contribution in [1.82, 2.24) is 15.1 Å². The zero-order valence-electron chi connectivity index (χ0n) is 15.7. The highest BCUT2D eigenvalue weighted by molar-refractivity contribution is 6.33. The molecule has 3 heterocycles. The third-order valence-corrected chi connectivity index (χ3v) is 5.68. The van der Waals surface area contributed by atoms with Crippen molar-refractivity contribution in [2.45, 2.75) is 19.3 Å². The molecule has 0 radical (unpaired) electrons. The highest BCUT2D eigenvalue weighted by atomic mass is 35.5. The Kier molecular flexibility index (Phi) is 5.62. The molecule has 2 fully saturated rings. The van der Waals surface area contributed by atoms with E-state index in [2.05, 4.69) is 20.0 Å². The number of rotatable bonds is 3. The van der Waals surface area contributed by atoms with Crippen molar-refractivity contribution in [2.24, 2.45) is 0 Å². The number of hydrogen-bond acceptors (Lipinski definition) is 5. The molecule has 2 aliphatic heterocycles. The van der Waals surface area contributed by atoms with Crippen LogP contribution >= 0.6 is 11.6 Å². The lowest BCUT2D eigenvalue weighted by Gasteiger charge is -2.35. The summed E-state index contributed by atoms with van der Waals surface area (Å²) in [7, 11) is 0. The first-order valence-electron chi connectivity index (χ1n) is 9.70. The number of halogens is 2. The van der Waals surface area contributed by atoms with Gasteiger partial charge in [0.05, 0.1) is 10.6 Å². The van der Waals surface area contributed by atoms with E-state index in [-0.39, 0.29) is 10.9 Å². The average Bonchev–Trinajstić information content (AvgIpc) is 2.74. The van der Waals surface area contributed by atoms with Crippen molar-refractivity contribution in [2.75, 3.05) is 49.1 Å². The molecule has 0 spiro atoms. The molecule has 0 atom stereocenters. The van der Waals surface area contributed by atoms with Crippen LogP contribution in [-0.4, -0.2) is 60.3 Å².